The summed E-state index contributed by atoms with van der Waals surface area (Å²) in [4.78, 5) is 14.6. The third-order valence-corrected chi connectivity index (χ3v) is 5.58. The number of nitrogens with zero attached hydrogens (tertiary/aromatic N) is 1. The van der Waals surface area contributed by atoms with Gasteiger partial charge in [0.05, 0.1) is 5.69 Å². The number of fused-ring (bicyclic) bond motifs is 1. The number of carbonyl (C=O) groups is 1. The molecule has 4 rings (SSSR count). The van der Waals surface area contributed by atoms with Crippen LogP contribution in [0.5, 0.6) is 0 Å². The van der Waals surface area contributed by atoms with Gasteiger partial charge >= 0.3 is 6.03 Å². The minimum Gasteiger partial charge on any atom is -0.308 e. The van der Waals surface area contributed by atoms with Gasteiger partial charge < -0.3 is 10.2 Å². The maximum Gasteiger partial charge on any atom is 0.323 e. The zero-order valence-electron chi connectivity index (χ0n) is 13.5. The maximum absolute atomic E-state index is 13.5. The third-order valence-electron chi connectivity index (χ3n) is 4.32. The molecule has 25 heavy (non-hydrogen) atoms. The summed E-state index contributed by atoms with van der Waals surface area (Å²) in [6.45, 7) is 0.641. The number of carbonyl (C=O) groups excluding carboxylic acids is 1. The van der Waals surface area contributed by atoms with E-state index < -0.39 is 0 Å². The highest BCUT2D eigenvalue weighted by Gasteiger charge is 2.31. The zero-order chi connectivity index (χ0) is 17.2. The average molecular weight is 352 g/mol. The van der Waals surface area contributed by atoms with Gasteiger partial charge in [-0.05, 0) is 29.1 Å². The van der Waals surface area contributed by atoms with E-state index in [1.807, 2.05) is 48.5 Å². The first-order chi connectivity index (χ1) is 12.2. The molecule has 0 aliphatic carbocycles. The average Bonchev–Trinajstić information content (AvgIpc) is 3.12. The first kappa shape index (κ1) is 16.0. The van der Waals surface area contributed by atoms with E-state index in [1.165, 1.54) is 12.1 Å². The first-order valence-corrected chi connectivity index (χ1v) is 9.20. The quantitative estimate of drug-likeness (QED) is 0.682. The molecule has 1 aliphatic rings. The Bertz CT molecular complexity index is 925. The molecule has 0 aromatic heterocycles. The highest BCUT2D eigenvalue weighted by molar-refractivity contribution is 7.99. The molecule has 0 radical (unpaired) electrons. The van der Waals surface area contributed by atoms with Gasteiger partial charge in [-0.2, -0.15) is 0 Å². The molecule has 1 atom stereocenters. The van der Waals surface area contributed by atoms with Crippen LogP contribution in [0.4, 0.5) is 14.9 Å². The lowest BCUT2D eigenvalue weighted by Gasteiger charge is -2.24. The van der Waals surface area contributed by atoms with Crippen LogP contribution >= 0.6 is 11.8 Å². The fourth-order valence-electron chi connectivity index (χ4n) is 3.14. The van der Waals surface area contributed by atoms with Gasteiger partial charge in [0.1, 0.15) is 11.2 Å². The number of urea groups is 1. The number of halogens is 1. The predicted molar refractivity (Wildman–Crippen MR) is 101 cm³/mol. The van der Waals surface area contributed by atoms with E-state index in [-0.39, 0.29) is 17.2 Å². The molecular weight excluding hydrogens is 335 g/mol. The topological polar surface area (TPSA) is 32.3 Å². The second-order valence-electron chi connectivity index (χ2n) is 5.93. The number of anilines is 1. The minimum absolute atomic E-state index is 0.157. The molecule has 3 aromatic rings. The van der Waals surface area contributed by atoms with Crippen molar-refractivity contribution >= 4 is 34.3 Å². The summed E-state index contributed by atoms with van der Waals surface area (Å²) in [5.74, 6) is 0.559. The van der Waals surface area contributed by atoms with Gasteiger partial charge in [-0.3, -0.25) is 0 Å². The Hall–Kier alpha value is -2.53. The van der Waals surface area contributed by atoms with Crippen LogP contribution in [0.15, 0.2) is 66.7 Å². The lowest BCUT2D eigenvalue weighted by Crippen LogP contribution is -2.34. The summed E-state index contributed by atoms with van der Waals surface area (Å²) in [6, 6.07) is 20.1. The van der Waals surface area contributed by atoms with Crippen LogP contribution in [0.3, 0.4) is 0 Å². The number of benzene rings is 3. The SMILES string of the molecule is O=C(Nc1cccc2ccccc12)N1CCS[C@@H]1c1cccc(F)c1. The molecule has 126 valence electrons. The lowest BCUT2D eigenvalue weighted by atomic mass is 10.1. The van der Waals surface area contributed by atoms with Crippen LogP contribution in [-0.4, -0.2) is 23.2 Å². The molecule has 0 saturated carbocycles. The molecule has 1 heterocycles. The molecule has 2 amide bonds. The highest BCUT2D eigenvalue weighted by Crippen LogP contribution is 2.38. The van der Waals surface area contributed by atoms with E-state index in [1.54, 1.807) is 22.7 Å². The van der Waals surface area contributed by atoms with Crippen LogP contribution in [-0.2, 0) is 0 Å². The van der Waals surface area contributed by atoms with E-state index in [0.29, 0.717) is 6.54 Å². The van der Waals surface area contributed by atoms with Gasteiger partial charge in [0.15, 0.2) is 0 Å². The molecule has 5 heteroatoms. The summed E-state index contributed by atoms with van der Waals surface area (Å²) in [5, 5.41) is 4.95. The van der Waals surface area contributed by atoms with Crippen LogP contribution in [0, 0.1) is 5.82 Å². The Balaban J connectivity index is 1.59. The molecule has 0 bridgehead atoms. The Morgan fingerprint density at radius 1 is 1.08 bits per heavy atom. The van der Waals surface area contributed by atoms with Crippen molar-refractivity contribution in [3.05, 3.63) is 78.1 Å². The molecule has 3 aromatic carbocycles. The number of nitrogens with one attached hydrogen (secondary N) is 1. The van der Waals surface area contributed by atoms with Gasteiger partial charge in [-0.25, -0.2) is 9.18 Å². The molecule has 1 aliphatic heterocycles. The van der Waals surface area contributed by atoms with E-state index in [2.05, 4.69) is 5.32 Å². The molecule has 1 fully saturated rings. The van der Waals surface area contributed by atoms with E-state index >= 15 is 0 Å². The van der Waals surface area contributed by atoms with E-state index in [9.17, 15) is 9.18 Å². The van der Waals surface area contributed by atoms with Crippen molar-refractivity contribution in [2.24, 2.45) is 0 Å². The van der Waals surface area contributed by atoms with Crippen molar-refractivity contribution in [3.63, 3.8) is 0 Å². The fraction of sp³-hybridized carbons (Fsp3) is 0.150. The first-order valence-electron chi connectivity index (χ1n) is 8.15. The molecule has 0 spiro atoms. The Morgan fingerprint density at radius 2 is 1.88 bits per heavy atom. The number of thioether (sulfide) groups is 1. The smallest absolute Gasteiger partial charge is 0.308 e. The van der Waals surface area contributed by atoms with Gasteiger partial charge in [-0.15, -0.1) is 11.8 Å². The fourth-order valence-corrected chi connectivity index (χ4v) is 4.38. The van der Waals surface area contributed by atoms with Crippen molar-refractivity contribution in [2.45, 2.75) is 5.37 Å². The number of amides is 2. The normalized spacial score (nSPS) is 17.0. The summed E-state index contributed by atoms with van der Waals surface area (Å²) in [6.07, 6.45) is 0. The maximum atomic E-state index is 13.5. The molecule has 3 nitrogen and oxygen atoms in total. The third kappa shape index (κ3) is 3.20. The second-order valence-corrected chi connectivity index (χ2v) is 7.12. The molecule has 0 unspecified atom stereocenters. The monoisotopic (exact) mass is 352 g/mol. The van der Waals surface area contributed by atoms with Crippen molar-refractivity contribution in [2.75, 3.05) is 17.6 Å². The number of hydrogen-bond acceptors (Lipinski definition) is 2. The van der Waals surface area contributed by atoms with Gasteiger partial charge in [0.25, 0.3) is 0 Å². The van der Waals surface area contributed by atoms with Gasteiger partial charge in [0.2, 0.25) is 0 Å². The van der Waals surface area contributed by atoms with Crippen molar-refractivity contribution in [1.82, 2.24) is 4.90 Å². The standard InChI is InChI=1S/C20H17FN2OS/c21-16-8-3-7-15(13-16)19-23(11-12-25-19)20(24)22-18-10-4-6-14-5-1-2-9-17(14)18/h1-10,13,19H,11-12H2,(H,22,24)/t19-/m1/s1. The summed E-state index contributed by atoms with van der Waals surface area (Å²) < 4.78 is 13.5. The second kappa shape index (κ2) is 6.76. The summed E-state index contributed by atoms with van der Waals surface area (Å²) in [7, 11) is 0. The highest BCUT2D eigenvalue weighted by atomic mass is 32.2. The van der Waals surface area contributed by atoms with Crippen LogP contribution in [0.1, 0.15) is 10.9 Å². The Labute approximate surface area is 149 Å². The molecule has 1 N–H and O–H groups in total. The molecule has 1 saturated heterocycles. The Kier molecular flexibility index (Phi) is 4.32. The van der Waals surface area contributed by atoms with Crippen LogP contribution < -0.4 is 5.32 Å². The Morgan fingerprint density at radius 3 is 2.76 bits per heavy atom. The van der Waals surface area contributed by atoms with Crippen molar-refractivity contribution in [3.8, 4) is 0 Å². The number of hydrogen-bond donors (Lipinski definition) is 1. The van der Waals surface area contributed by atoms with E-state index in [0.717, 1.165) is 27.8 Å². The summed E-state index contributed by atoms with van der Waals surface area (Å²) >= 11 is 1.65. The van der Waals surface area contributed by atoms with Crippen molar-refractivity contribution in [1.29, 1.82) is 0 Å². The van der Waals surface area contributed by atoms with E-state index in [4.69, 9.17) is 0 Å². The lowest BCUT2D eigenvalue weighted by molar-refractivity contribution is 0.214. The minimum atomic E-state index is -0.278. The molecular formula is C20H17FN2OS. The predicted octanol–water partition coefficient (Wildman–Crippen LogP) is 5.26. The van der Waals surface area contributed by atoms with Crippen molar-refractivity contribution < 1.29 is 9.18 Å². The van der Waals surface area contributed by atoms with Crippen LogP contribution in [0.25, 0.3) is 10.8 Å². The zero-order valence-corrected chi connectivity index (χ0v) is 14.3. The van der Waals surface area contributed by atoms with Gasteiger partial charge in [-0.1, -0.05) is 48.5 Å². The number of rotatable bonds is 2. The van der Waals surface area contributed by atoms with Crippen LogP contribution in [0.2, 0.25) is 0 Å². The van der Waals surface area contributed by atoms with Gasteiger partial charge in [0, 0.05) is 17.7 Å². The summed E-state index contributed by atoms with van der Waals surface area (Å²) in [5.41, 5.74) is 1.61. The largest absolute Gasteiger partial charge is 0.323 e.